The Labute approximate surface area is 125 Å². The van der Waals surface area contributed by atoms with Crippen LogP contribution < -0.4 is 0 Å². The van der Waals surface area contributed by atoms with Gasteiger partial charge in [-0.05, 0) is 40.2 Å². The molecule has 2 aromatic heterocycles. The number of thiazole rings is 1. The summed E-state index contributed by atoms with van der Waals surface area (Å²) in [7, 11) is 0. The van der Waals surface area contributed by atoms with Crippen LogP contribution in [0.2, 0.25) is 0 Å². The van der Waals surface area contributed by atoms with Crippen LogP contribution in [0, 0.1) is 0 Å². The number of furan rings is 1. The Hall–Kier alpha value is -0.650. The van der Waals surface area contributed by atoms with Crippen molar-refractivity contribution >= 4 is 53.4 Å². The first-order chi connectivity index (χ1) is 8.72. The van der Waals surface area contributed by atoms with E-state index in [0.29, 0.717) is 0 Å². The van der Waals surface area contributed by atoms with E-state index >= 15 is 0 Å². The summed E-state index contributed by atoms with van der Waals surface area (Å²) in [5.74, 6) is 0.918. The van der Waals surface area contributed by atoms with Crippen LogP contribution >= 0.6 is 43.2 Å². The SMILES string of the molecule is Brc1ccc(C(Br)Cc2nc3ccccc3s2)o1. The summed E-state index contributed by atoms with van der Waals surface area (Å²) >= 11 is 8.69. The van der Waals surface area contributed by atoms with Crippen molar-refractivity contribution in [2.45, 2.75) is 11.2 Å². The third-order valence-electron chi connectivity index (χ3n) is 2.59. The number of hydrogen-bond acceptors (Lipinski definition) is 3. The molecular formula is C13H9Br2NOS. The van der Waals surface area contributed by atoms with Crippen LogP contribution in [-0.4, -0.2) is 4.98 Å². The molecule has 92 valence electrons. The van der Waals surface area contributed by atoms with Crippen molar-refractivity contribution in [3.05, 3.63) is 51.8 Å². The van der Waals surface area contributed by atoms with E-state index in [1.54, 1.807) is 11.3 Å². The number of aromatic nitrogens is 1. The molecule has 1 unspecified atom stereocenters. The van der Waals surface area contributed by atoms with Crippen LogP contribution in [0.3, 0.4) is 0 Å². The molecule has 2 heterocycles. The molecule has 0 N–H and O–H groups in total. The lowest BCUT2D eigenvalue weighted by atomic mass is 10.2. The number of halogens is 2. The third-order valence-corrected chi connectivity index (χ3v) is 4.85. The Morgan fingerprint density at radius 3 is 2.78 bits per heavy atom. The van der Waals surface area contributed by atoms with E-state index in [9.17, 15) is 0 Å². The van der Waals surface area contributed by atoms with Gasteiger partial charge in [0.1, 0.15) is 5.76 Å². The van der Waals surface area contributed by atoms with E-state index in [1.165, 1.54) is 4.70 Å². The molecule has 5 heteroatoms. The maximum Gasteiger partial charge on any atom is 0.169 e. The Morgan fingerprint density at radius 2 is 2.06 bits per heavy atom. The fourth-order valence-electron chi connectivity index (χ4n) is 1.76. The number of para-hydroxylation sites is 1. The van der Waals surface area contributed by atoms with Crippen LogP contribution in [0.25, 0.3) is 10.2 Å². The van der Waals surface area contributed by atoms with Gasteiger partial charge in [-0.3, -0.25) is 0 Å². The molecular weight excluding hydrogens is 378 g/mol. The summed E-state index contributed by atoms with van der Waals surface area (Å²) in [5.41, 5.74) is 1.07. The molecule has 0 radical (unpaired) electrons. The molecule has 1 aromatic carbocycles. The lowest BCUT2D eigenvalue weighted by molar-refractivity contribution is 0.485. The highest BCUT2D eigenvalue weighted by molar-refractivity contribution is 9.10. The van der Waals surface area contributed by atoms with E-state index in [-0.39, 0.29) is 4.83 Å². The van der Waals surface area contributed by atoms with Gasteiger partial charge in [-0.1, -0.05) is 28.1 Å². The first-order valence-electron chi connectivity index (χ1n) is 5.46. The maximum atomic E-state index is 5.54. The zero-order valence-corrected chi connectivity index (χ0v) is 13.3. The molecule has 0 amide bonds. The second-order valence-corrected chi connectivity index (χ2v) is 6.89. The van der Waals surface area contributed by atoms with Crippen LogP contribution in [0.4, 0.5) is 0 Å². The highest BCUT2D eigenvalue weighted by atomic mass is 79.9. The van der Waals surface area contributed by atoms with Crippen molar-refractivity contribution in [3.63, 3.8) is 0 Å². The fraction of sp³-hybridized carbons (Fsp3) is 0.154. The standard InChI is InChI=1S/C13H9Br2NOS/c14-8(10-5-6-12(15)17-10)7-13-16-9-3-1-2-4-11(9)18-13/h1-6,8H,7H2. The van der Waals surface area contributed by atoms with E-state index in [2.05, 4.69) is 42.9 Å². The zero-order chi connectivity index (χ0) is 12.5. The molecule has 18 heavy (non-hydrogen) atoms. The summed E-state index contributed by atoms with van der Waals surface area (Å²) in [5, 5.41) is 1.12. The Morgan fingerprint density at radius 1 is 1.22 bits per heavy atom. The molecule has 0 saturated carbocycles. The molecule has 0 aliphatic heterocycles. The summed E-state index contributed by atoms with van der Waals surface area (Å²) in [6, 6.07) is 12.1. The molecule has 1 atom stereocenters. The van der Waals surface area contributed by atoms with Crippen molar-refractivity contribution in [2.75, 3.05) is 0 Å². The normalized spacial score (nSPS) is 13.0. The predicted octanol–water partition coefficient (Wildman–Crippen LogP) is 5.33. The van der Waals surface area contributed by atoms with Crippen LogP contribution in [-0.2, 0) is 6.42 Å². The Bertz CT molecular complexity index is 643. The van der Waals surface area contributed by atoms with Gasteiger partial charge >= 0.3 is 0 Å². The largest absolute Gasteiger partial charge is 0.453 e. The van der Waals surface area contributed by atoms with E-state index < -0.39 is 0 Å². The minimum atomic E-state index is 0.157. The molecule has 0 fully saturated rings. The molecule has 0 saturated heterocycles. The van der Waals surface area contributed by atoms with Crippen molar-refractivity contribution in [1.29, 1.82) is 0 Å². The lowest BCUT2D eigenvalue weighted by Gasteiger charge is -2.03. The summed E-state index contributed by atoms with van der Waals surface area (Å²) in [6.07, 6.45) is 0.833. The van der Waals surface area contributed by atoms with Gasteiger partial charge in [0, 0.05) is 6.42 Å². The summed E-state index contributed by atoms with van der Waals surface area (Å²) in [6.45, 7) is 0. The van der Waals surface area contributed by atoms with Gasteiger partial charge < -0.3 is 4.42 Å². The van der Waals surface area contributed by atoms with Gasteiger partial charge in [0.2, 0.25) is 0 Å². The number of hydrogen-bond donors (Lipinski definition) is 0. The highest BCUT2D eigenvalue weighted by Crippen LogP contribution is 2.32. The van der Waals surface area contributed by atoms with Gasteiger partial charge in [0.05, 0.1) is 20.1 Å². The molecule has 3 aromatic rings. The van der Waals surface area contributed by atoms with Gasteiger partial charge in [-0.25, -0.2) is 4.98 Å². The quantitative estimate of drug-likeness (QED) is 0.568. The van der Waals surface area contributed by atoms with Gasteiger partial charge in [-0.15, -0.1) is 11.3 Å². The van der Waals surface area contributed by atoms with Crippen LogP contribution in [0.1, 0.15) is 15.6 Å². The molecule has 0 aliphatic rings. The molecule has 2 nitrogen and oxygen atoms in total. The summed E-state index contributed by atoms with van der Waals surface area (Å²) < 4.78 is 7.52. The maximum absolute atomic E-state index is 5.54. The summed E-state index contributed by atoms with van der Waals surface area (Å²) in [4.78, 5) is 4.78. The predicted molar refractivity (Wildman–Crippen MR) is 81.4 cm³/mol. The number of benzene rings is 1. The lowest BCUT2D eigenvalue weighted by Crippen LogP contribution is -1.92. The Kier molecular flexibility index (Phi) is 3.54. The first-order valence-corrected chi connectivity index (χ1v) is 7.98. The third kappa shape index (κ3) is 2.53. The highest BCUT2D eigenvalue weighted by Gasteiger charge is 2.15. The number of rotatable bonds is 3. The van der Waals surface area contributed by atoms with Crippen LogP contribution in [0.15, 0.2) is 45.5 Å². The van der Waals surface area contributed by atoms with Gasteiger partial charge in [0.15, 0.2) is 4.67 Å². The molecule has 3 rings (SSSR count). The second-order valence-electron chi connectivity index (χ2n) is 3.89. The smallest absolute Gasteiger partial charge is 0.169 e. The number of alkyl halides is 1. The van der Waals surface area contributed by atoms with Crippen molar-refractivity contribution < 1.29 is 4.42 Å². The fourth-order valence-corrected chi connectivity index (χ4v) is 3.86. The first kappa shape index (κ1) is 12.4. The molecule has 0 spiro atoms. The van der Waals surface area contributed by atoms with E-state index in [4.69, 9.17) is 4.42 Å². The number of nitrogens with zero attached hydrogens (tertiary/aromatic N) is 1. The van der Waals surface area contributed by atoms with Gasteiger partial charge in [-0.2, -0.15) is 0 Å². The average Bonchev–Trinajstić information content (AvgIpc) is 2.94. The van der Waals surface area contributed by atoms with Crippen molar-refractivity contribution in [1.82, 2.24) is 4.98 Å². The minimum Gasteiger partial charge on any atom is -0.453 e. The van der Waals surface area contributed by atoms with Crippen molar-refractivity contribution in [2.24, 2.45) is 0 Å². The molecule has 0 aliphatic carbocycles. The Balaban J connectivity index is 1.83. The number of fused-ring (bicyclic) bond motifs is 1. The van der Waals surface area contributed by atoms with E-state index in [1.807, 2.05) is 30.3 Å². The topological polar surface area (TPSA) is 26.0 Å². The minimum absolute atomic E-state index is 0.157. The molecule has 0 bridgehead atoms. The average molecular weight is 387 g/mol. The van der Waals surface area contributed by atoms with E-state index in [0.717, 1.165) is 27.4 Å². The van der Waals surface area contributed by atoms with Crippen LogP contribution in [0.5, 0.6) is 0 Å². The zero-order valence-electron chi connectivity index (χ0n) is 9.27. The second kappa shape index (κ2) is 5.15. The van der Waals surface area contributed by atoms with Crippen molar-refractivity contribution in [3.8, 4) is 0 Å². The monoisotopic (exact) mass is 385 g/mol. The van der Waals surface area contributed by atoms with Gasteiger partial charge in [0.25, 0.3) is 0 Å².